The molecule has 0 aromatic heterocycles. The van der Waals surface area contributed by atoms with Gasteiger partial charge in [-0.1, -0.05) is 67.2 Å². The van der Waals surface area contributed by atoms with Crippen LogP contribution in [0.2, 0.25) is 0 Å². The number of rotatable bonds is 10. The third-order valence-electron chi connectivity index (χ3n) is 5.72. The van der Waals surface area contributed by atoms with Crippen LogP contribution in [0, 0.1) is 6.92 Å². The minimum Gasteiger partial charge on any atom is -0.465 e. The Labute approximate surface area is 254 Å². The molecule has 10 heteroatoms. The molecule has 0 fully saturated rings. The number of hydrogen-bond donors (Lipinski definition) is 2. The molecule has 0 bridgehead atoms. The van der Waals surface area contributed by atoms with Gasteiger partial charge in [0.15, 0.2) is 0 Å². The Kier molecular flexibility index (Phi) is 12.1. The molecule has 1 heterocycles. The van der Waals surface area contributed by atoms with Gasteiger partial charge in [-0.2, -0.15) is 5.10 Å². The van der Waals surface area contributed by atoms with Gasteiger partial charge in [0.25, 0.3) is 11.8 Å². The fourth-order valence-corrected chi connectivity index (χ4v) is 3.68. The first-order valence-corrected chi connectivity index (χ1v) is 13.3. The molecule has 0 saturated heterocycles. The number of amides is 2. The van der Waals surface area contributed by atoms with Crippen LogP contribution in [-0.2, 0) is 19.1 Å². The zero-order chi connectivity index (χ0) is 31.2. The van der Waals surface area contributed by atoms with Gasteiger partial charge in [-0.05, 0) is 61.9 Å². The number of halogens is 1. The van der Waals surface area contributed by atoms with Crippen LogP contribution in [0.1, 0.15) is 28.4 Å². The standard InChI is InChI=1S/C33H30ClN3O6/c1-5-11-28(24(4)34)33(40)43-30-16-9-15-27(23(30)3)20-35-37-32(39)29(36-31(38)26-13-7-6-8-14-26)19-25-12-10-17-41-21-42-22(2)18-25/h5-20H,1,4,21H2,2-3H3,(H,36,38)(H,37,39)/b17-10+,22-18+,25-12+,28-11+,29-19+,35-20+. The van der Waals surface area contributed by atoms with E-state index in [1.54, 1.807) is 80.6 Å². The number of hydrogen-bond acceptors (Lipinski definition) is 7. The highest BCUT2D eigenvalue weighted by Gasteiger charge is 2.17. The summed E-state index contributed by atoms with van der Waals surface area (Å²) >= 11 is 5.91. The van der Waals surface area contributed by atoms with Gasteiger partial charge in [0.2, 0.25) is 6.79 Å². The van der Waals surface area contributed by atoms with Crippen molar-refractivity contribution in [1.82, 2.24) is 10.7 Å². The first-order chi connectivity index (χ1) is 20.7. The molecule has 0 spiro atoms. The summed E-state index contributed by atoms with van der Waals surface area (Å²) < 4.78 is 16.1. The smallest absolute Gasteiger partial charge is 0.345 e. The third kappa shape index (κ3) is 9.87. The van der Waals surface area contributed by atoms with Crippen molar-refractivity contribution in [2.24, 2.45) is 5.10 Å². The van der Waals surface area contributed by atoms with Crippen LogP contribution >= 0.6 is 11.6 Å². The largest absolute Gasteiger partial charge is 0.465 e. The molecular formula is C33H30ClN3O6. The van der Waals surface area contributed by atoms with Gasteiger partial charge in [-0.25, -0.2) is 10.2 Å². The van der Waals surface area contributed by atoms with Gasteiger partial charge in [0.1, 0.15) is 11.4 Å². The first kappa shape index (κ1) is 32.1. The molecule has 1 aliphatic rings. The van der Waals surface area contributed by atoms with E-state index < -0.39 is 17.8 Å². The molecular weight excluding hydrogens is 570 g/mol. The Morgan fingerprint density at radius 1 is 1.09 bits per heavy atom. The van der Waals surface area contributed by atoms with Gasteiger partial charge >= 0.3 is 5.97 Å². The Hall–Kier alpha value is -5.41. The maximum atomic E-state index is 13.2. The summed E-state index contributed by atoms with van der Waals surface area (Å²) in [6, 6.07) is 13.5. The maximum Gasteiger partial charge on any atom is 0.345 e. The number of nitrogens with one attached hydrogen (secondary N) is 2. The minimum absolute atomic E-state index is 0.0134. The van der Waals surface area contributed by atoms with E-state index in [0.29, 0.717) is 28.0 Å². The van der Waals surface area contributed by atoms with Gasteiger partial charge in [0, 0.05) is 21.7 Å². The minimum atomic E-state index is -0.704. The van der Waals surface area contributed by atoms with Crippen LogP contribution in [0.5, 0.6) is 5.75 Å². The molecule has 220 valence electrons. The van der Waals surface area contributed by atoms with Crippen molar-refractivity contribution < 1.29 is 28.6 Å². The Morgan fingerprint density at radius 3 is 2.58 bits per heavy atom. The number of nitrogens with zero attached hydrogens (tertiary/aromatic N) is 1. The second-order valence-electron chi connectivity index (χ2n) is 8.84. The molecule has 0 radical (unpaired) electrons. The van der Waals surface area contributed by atoms with E-state index in [-0.39, 0.29) is 28.8 Å². The van der Waals surface area contributed by atoms with E-state index in [1.165, 1.54) is 30.7 Å². The van der Waals surface area contributed by atoms with E-state index in [0.717, 1.165) is 0 Å². The lowest BCUT2D eigenvalue weighted by atomic mass is 10.1. The number of hydrazone groups is 1. The highest BCUT2D eigenvalue weighted by atomic mass is 35.5. The first-order valence-electron chi connectivity index (χ1n) is 12.9. The lowest BCUT2D eigenvalue weighted by molar-refractivity contribution is -0.129. The fourth-order valence-electron chi connectivity index (χ4n) is 3.54. The van der Waals surface area contributed by atoms with Crippen LogP contribution in [0.4, 0.5) is 0 Å². The van der Waals surface area contributed by atoms with Crippen LogP contribution in [0.25, 0.3) is 0 Å². The van der Waals surface area contributed by atoms with Crippen molar-refractivity contribution in [3.05, 3.63) is 149 Å². The van der Waals surface area contributed by atoms with E-state index in [4.69, 9.17) is 25.8 Å². The molecule has 0 saturated carbocycles. The Bertz CT molecular complexity index is 1580. The van der Waals surface area contributed by atoms with E-state index in [2.05, 4.69) is 29.0 Å². The van der Waals surface area contributed by atoms with Crippen molar-refractivity contribution in [1.29, 1.82) is 0 Å². The zero-order valence-corrected chi connectivity index (χ0v) is 24.4. The van der Waals surface area contributed by atoms with Crippen molar-refractivity contribution in [3.8, 4) is 5.75 Å². The normalized spacial score (nSPS) is 16.8. The molecule has 2 aromatic carbocycles. The molecule has 2 amide bonds. The topological polar surface area (TPSA) is 115 Å². The summed E-state index contributed by atoms with van der Waals surface area (Å²) in [4.78, 5) is 38.7. The quantitative estimate of drug-likeness (QED) is 0.0880. The van der Waals surface area contributed by atoms with Crippen LogP contribution < -0.4 is 15.5 Å². The van der Waals surface area contributed by atoms with Crippen molar-refractivity contribution in [2.45, 2.75) is 13.8 Å². The molecule has 2 aromatic rings. The predicted octanol–water partition coefficient (Wildman–Crippen LogP) is 5.88. The molecule has 2 N–H and O–H groups in total. The van der Waals surface area contributed by atoms with Gasteiger partial charge in [0.05, 0.1) is 23.8 Å². The zero-order valence-electron chi connectivity index (χ0n) is 23.6. The van der Waals surface area contributed by atoms with Crippen molar-refractivity contribution >= 4 is 35.6 Å². The average Bonchev–Trinajstić information content (AvgIpc) is 3.08. The molecule has 1 aliphatic heterocycles. The van der Waals surface area contributed by atoms with Gasteiger partial charge in [-0.15, -0.1) is 0 Å². The molecule has 0 atom stereocenters. The molecule has 0 unspecified atom stereocenters. The van der Waals surface area contributed by atoms with Crippen molar-refractivity contribution in [2.75, 3.05) is 6.79 Å². The lowest BCUT2D eigenvalue weighted by Crippen LogP contribution is -2.33. The molecule has 9 nitrogen and oxygen atoms in total. The number of allylic oxidation sites excluding steroid dienone is 8. The van der Waals surface area contributed by atoms with E-state index >= 15 is 0 Å². The maximum absolute atomic E-state index is 13.2. The van der Waals surface area contributed by atoms with Crippen LogP contribution in [0.3, 0.4) is 0 Å². The number of ether oxygens (including phenoxy) is 3. The Morgan fingerprint density at radius 2 is 1.86 bits per heavy atom. The van der Waals surface area contributed by atoms with E-state index in [9.17, 15) is 14.4 Å². The number of esters is 1. The summed E-state index contributed by atoms with van der Waals surface area (Å²) in [5, 5.41) is 6.73. The highest BCUT2D eigenvalue weighted by Crippen LogP contribution is 2.23. The number of benzene rings is 2. The van der Waals surface area contributed by atoms with Crippen molar-refractivity contribution in [3.63, 3.8) is 0 Å². The second kappa shape index (κ2) is 16.1. The summed E-state index contributed by atoms with van der Waals surface area (Å²) in [6.45, 7) is 10.6. The summed E-state index contributed by atoms with van der Waals surface area (Å²) in [6.07, 6.45) is 12.1. The summed E-state index contributed by atoms with van der Waals surface area (Å²) in [5.41, 5.74) is 4.48. The number of carbonyl (C=O) groups excluding carboxylic acids is 3. The highest BCUT2D eigenvalue weighted by molar-refractivity contribution is 6.34. The summed E-state index contributed by atoms with van der Waals surface area (Å²) in [7, 11) is 0. The molecule has 43 heavy (non-hydrogen) atoms. The Balaban J connectivity index is 1.85. The van der Waals surface area contributed by atoms with E-state index in [1.807, 2.05) is 0 Å². The average molecular weight is 600 g/mol. The molecule has 0 aliphatic carbocycles. The second-order valence-corrected chi connectivity index (χ2v) is 9.29. The van der Waals surface area contributed by atoms with Gasteiger partial charge in [-0.3, -0.25) is 9.59 Å². The SMILES string of the molecule is C=C/C=C(\C(=C)Cl)C(=O)Oc1cccc(/C=N/NC(=O)\C(=C/C2=C/C=C/OCO\C(C)=C\2)NC(=O)c2ccccc2)c1C. The van der Waals surface area contributed by atoms with Crippen LogP contribution in [-0.4, -0.2) is 30.8 Å². The predicted molar refractivity (Wildman–Crippen MR) is 166 cm³/mol. The summed E-state index contributed by atoms with van der Waals surface area (Å²) in [5.74, 6) is -1.08. The molecule has 3 rings (SSSR count). The lowest BCUT2D eigenvalue weighted by Gasteiger charge is -2.11. The van der Waals surface area contributed by atoms with Crippen LogP contribution in [0.15, 0.2) is 137 Å². The monoisotopic (exact) mass is 599 g/mol. The fraction of sp³-hybridized carbons (Fsp3) is 0.0909. The van der Waals surface area contributed by atoms with Gasteiger partial charge < -0.3 is 19.5 Å². The number of carbonyl (C=O) groups is 3. The third-order valence-corrected chi connectivity index (χ3v) is 5.93.